The van der Waals surface area contributed by atoms with Crippen LogP contribution in [0.25, 0.3) is 0 Å². The molecule has 0 spiro atoms. The molecule has 0 fully saturated rings. The molecule has 21 heavy (non-hydrogen) atoms. The summed E-state index contributed by atoms with van der Waals surface area (Å²) >= 11 is 0. The van der Waals surface area contributed by atoms with Gasteiger partial charge < -0.3 is 10.1 Å². The Bertz CT molecular complexity index is 466. The van der Waals surface area contributed by atoms with Crippen molar-refractivity contribution < 1.29 is 35.9 Å². The SMILES string of the molecule is CCOc1ccc(NC(=O)C(C(F)(F)F)C(F)(F)F)cc1. The number of anilines is 1. The van der Waals surface area contributed by atoms with Crippen molar-refractivity contribution in [1.82, 2.24) is 0 Å². The molecule has 0 aliphatic carbocycles. The summed E-state index contributed by atoms with van der Waals surface area (Å²) in [6, 6.07) is 4.92. The third-order valence-electron chi connectivity index (χ3n) is 2.35. The van der Waals surface area contributed by atoms with E-state index >= 15 is 0 Å². The van der Waals surface area contributed by atoms with Crippen molar-refractivity contribution in [2.45, 2.75) is 19.3 Å². The number of ether oxygens (including phenoxy) is 1. The number of nitrogens with one attached hydrogen (secondary N) is 1. The number of amides is 1. The van der Waals surface area contributed by atoms with E-state index in [0.717, 1.165) is 12.1 Å². The van der Waals surface area contributed by atoms with Crippen LogP contribution >= 0.6 is 0 Å². The van der Waals surface area contributed by atoms with Gasteiger partial charge in [-0.3, -0.25) is 4.79 Å². The predicted octanol–water partition coefficient (Wildman–Crippen LogP) is 3.76. The number of carbonyl (C=O) groups excluding carboxylic acids is 1. The van der Waals surface area contributed by atoms with Crippen molar-refractivity contribution in [3.63, 3.8) is 0 Å². The minimum absolute atomic E-state index is 0.193. The highest BCUT2D eigenvalue weighted by atomic mass is 19.4. The van der Waals surface area contributed by atoms with Gasteiger partial charge in [0.05, 0.1) is 6.61 Å². The van der Waals surface area contributed by atoms with E-state index in [1.807, 2.05) is 0 Å². The van der Waals surface area contributed by atoms with Crippen LogP contribution < -0.4 is 10.1 Å². The third kappa shape index (κ3) is 4.83. The van der Waals surface area contributed by atoms with Crippen molar-refractivity contribution in [1.29, 1.82) is 0 Å². The maximum atomic E-state index is 12.3. The van der Waals surface area contributed by atoms with Gasteiger partial charge in [0.15, 0.2) is 0 Å². The second-order valence-corrected chi connectivity index (χ2v) is 3.96. The molecule has 1 N–H and O–H groups in total. The number of hydrogen-bond donors (Lipinski definition) is 1. The van der Waals surface area contributed by atoms with E-state index in [9.17, 15) is 31.1 Å². The van der Waals surface area contributed by atoms with Crippen LogP contribution in [0.4, 0.5) is 32.0 Å². The number of benzene rings is 1. The first-order valence-electron chi connectivity index (χ1n) is 5.73. The number of halogens is 6. The normalized spacial score (nSPS) is 12.4. The van der Waals surface area contributed by atoms with Gasteiger partial charge in [-0.15, -0.1) is 0 Å². The van der Waals surface area contributed by atoms with Crippen molar-refractivity contribution in [2.75, 3.05) is 11.9 Å². The van der Waals surface area contributed by atoms with E-state index in [0.29, 0.717) is 12.4 Å². The van der Waals surface area contributed by atoms with E-state index in [1.54, 1.807) is 12.2 Å². The third-order valence-corrected chi connectivity index (χ3v) is 2.35. The average Bonchev–Trinajstić information content (AvgIpc) is 2.28. The molecule has 0 aliphatic rings. The topological polar surface area (TPSA) is 38.3 Å². The van der Waals surface area contributed by atoms with E-state index in [2.05, 4.69) is 0 Å². The molecule has 0 heterocycles. The van der Waals surface area contributed by atoms with Gasteiger partial charge in [-0.2, -0.15) is 26.3 Å². The monoisotopic (exact) mass is 315 g/mol. The largest absolute Gasteiger partial charge is 0.494 e. The highest BCUT2D eigenvalue weighted by Gasteiger charge is 2.61. The van der Waals surface area contributed by atoms with Gasteiger partial charge in [-0.1, -0.05) is 0 Å². The quantitative estimate of drug-likeness (QED) is 0.859. The fourth-order valence-electron chi connectivity index (χ4n) is 1.50. The fraction of sp³-hybridized carbons (Fsp3) is 0.417. The molecule has 9 heteroatoms. The van der Waals surface area contributed by atoms with Crippen LogP contribution in [0.3, 0.4) is 0 Å². The lowest BCUT2D eigenvalue weighted by atomic mass is 10.1. The fourth-order valence-corrected chi connectivity index (χ4v) is 1.50. The molecule has 0 saturated heterocycles. The number of hydrogen-bond acceptors (Lipinski definition) is 2. The molecule has 0 aromatic heterocycles. The summed E-state index contributed by atoms with van der Waals surface area (Å²) in [7, 11) is 0. The first kappa shape index (κ1) is 17.1. The molecule has 1 aromatic rings. The second-order valence-electron chi connectivity index (χ2n) is 3.96. The molecule has 0 saturated carbocycles. The molecule has 1 aromatic carbocycles. The molecule has 0 atom stereocenters. The van der Waals surface area contributed by atoms with Crippen molar-refractivity contribution in [3.8, 4) is 5.75 Å². The molecule has 0 unspecified atom stereocenters. The Kier molecular flexibility index (Phi) is 5.08. The Morgan fingerprint density at radius 3 is 1.95 bits per heavy atom. The molecular formula is C12H11F6NO2. The van der Waals surface area contributed by atoms with Crippen LogP contribution in [0.2, 0.25) is 0 Å². The Hall–Kier alpha value is -1.93. The Morgan fingerprint density at radius 2 is 1.57 bits per heavy atom. The van der Waals surface area contributed by atoms with Gasteiger partial charge in [0, 0.05) is 5.69 Å². The minimum Gasteiger partial charge on any atom is -0.494 e. The van der Waals surface area contributed by atoms with Crippen molar-refractivity contribution >= 4 is 11.6 Å². The summed E-state index contributed by atoms with van der Waals surface area (Å²) in [5.74, 6) is -5.88. The van der Waals surface area contributed by atoms with Crippen molar-refractivity contribution in [3.05, 3.63) is 24.3 Å². The van der Waals surface area contributed by atoms with Gasteiger partial charge in [-0.25, -0.2) is 0 Å². The number of carbonyl (C=O) groups is 1. The lowest BCUT2D eigenvalue weighted by Crippen LogP contribution is -2.45. The highest BCUT2D eigenvalue weighted by Crippen LogP contribution is 2.39. The maximum absolute atomic E-state index is 12.3. The maximum Gasteiger partial charge on any atom is 0.409 e. The highest BCUT2D eigenvalue weighted by molar-refractivity contribution is 5.93. The zero-order valence-electron chi connectivity index (χ0n) is 10.7. The van der Waals surface area contributed by atoms with Crippen LogP contribution in [-0.2, 0) is 4.79 Å². The van der Waals surface area contributed by atoms with Crippen LogP contribution in [-0.4, -0.2) is 24.9 Å². The van der Waals surface area contributed by atoms with Gasteiger partial charge >= 0.3 is 12.4 Å². The minimum atomic E-state index is -5.71. The molecule has 1 amide bonds. The summed E-state index contributed by atoms with van der Waals surface area (Å²) in [6.07, 6.45) is -11.4. The standard InChI is InChI=1S/C12H11F6NO2/c1-2-21-8-5-3-7(4-6-8)19-10(20)9(11(13,14)15)12(16,17)18/h3-6,9H,2H2,1H3,(H,19,20). The molecular weight excluding hydrogens is 304 g/mol. The van der Waals surface area contributed by atoms with E-state index in [1.165, 1.54) is 12.1 Å². The first-order valence-corrected chi connectivity index (χ1v) is 5.73. The van der Waals surface area contributed by atoms with Gasteiger partial charge in [-0.05, 0) is 31.2 Å². The summed E-state index contributed by atoms with van der Waals surface area (Å²) < 4.78 is 79.0. The van der Waals surface area contributed by atoms with Gasteiger partial charge in [0.1, 0.15) is 5.75 Å². The molecule has 3 nitrogen and oxygen atoms in total. The summed E-state index contributed by atoms with van der Waals surface area (Å²) in [6.45, 7) is 2.04. The number of rotatable bonds is 4. The Morgan fingerprint density at radius 1 is 1.10 bits per heavy atom. The van der Waals surface area contributed by atoms with Crippen LogP contribution in [0.5, 0.6) is 5.75 Å². The Labute approximate surface area is 115 Å². The number of alkyl halides is 6. The summed E-state index contributed by atoms with van der Waals surface area (Å²) in [5.41, 5.74) is -0.193. The molecule has 1 rings (SSSR count). The Balaban J connectivity index is 2.87. The second kappa shape index (κ2) is 6.23. The van der Waals surface area contributed by atoms with Crippen LogP contribution in [0.1, 0.15) is 6.92 Å². The van der Waals surface area contributed by atoms with E-state index in [-0.39, 0.29) is 5.69 Å². The van der Waals surface area contributed by atoms with Crippen LogP contribution in [0.15, 0.2) is 24.3 Å². The van der Waals surface area contributed by atoms with Gasteiger partial charge in [0.25, 0.3) is 0 Å². The zero-order chi connectivity index (χ0) is 16.3. The first-order chi connectivity index (χ1) is 9.55. The van der Waals surface area contributed by atoms with Gasteiger partial charge in [0.2, 0.25) is 11.8 Å². The average molecular weight is 315 g/mol. The summed E-state index contributed by atoms with van der Waals surface area (Å²) in [4.78, 5) is 11.2. The van der Waals surface area contributed by atoms with Crippen molar-refractivity contribution in [2.24, 2.45) is 5.92 Å². The molecule has 118 valence electrons. The molecule has 0 bridgehead atoms. The van der Waals surface area contributed by atoms with Crippen LogP contribution in [0, 0.1) is 5.92 Å². The van der Waals surface area contributed by atoms with E-state index < -0.39 is 24.2 Å². The zero-order valence-corrected chi connectivity index (χ0v) is 10.7. The molecule has 0 aliphatic heterocycles. The lowest BCUT2D eigenvalue weighted by Gasteiger charge is -2.22. The summed E-state index contributed by atoms with van der Waals surface area (Å²) in [5, 5.41) is 1.59. The van der Waals surface area contributed by atoms with E-state index in [4.69, 9.17) is 4.74 Å². The lowest BCUT2D eigenvalue weighted by molar-refractivity contribution is -0.272. The molecule has 0 radical (unpaired) electrons. The predicted molar refractivity (Wildman–Crippen MR) is 61.8 cm³/mol. The smallest absolute Gasteiger partial charge is 0.409 e.